The number of hydrogen-bond acceptors (Lipinski definition) is 10. The summed E-state index contributed by atoms with van der Waals surface area (Å²) in [5.74, 6) is 1.68. The predicted molar refractivity (Wildman–Crippen MR) is 119 cm³/mol. The lowest BCUT2D eigenvalue weighted by Gasteiger charge is -2.00. The van der Waals surface area contributed by atoms with Crippen LogP contribution in [0.25, 0.3) is 22.8 Å². The van der Waals surface area contributed by atoms with Crippen LogP contribution < -0.4 is 0 Å². The van der Waals surface area contributed by atoms with E-state index < -0.39 is 0 Å². The minimum atomic E-state index is -0.359. The zero-order valence-electron chi connectivity index (χ0n) is 19.1. The molecule has 0 unspecified atom stereocenters. The molecule has 0 aliphatic heterocycles. The lowest BCUT2D eigenvalue weighted by Crippen LogP contribution is -2.02. The Kier molecular flexibility index (Phi) is 10.6. The highest BCUT2D eigenvalue weighted by Crippen LogP contribution is 2.23. The highest BCUT2D eigenvalue weighted by Gasteiger charge is 2.12. The van der Waals surface area contributed by atoms with Gasteiger partial charge in [0.15, 0.2) is 0 Å². The first-order valence-corrected chi connectivity index (χ1v) is 10.4. The standard InChI is InChI=1S/C15H14N4O3.C8H14O3/c1-9(20)6-7-13-17-15(19-22-13)12-5-3-4-11(8-12)14-16-10(2)21-18-14;1-3-8(9)11-7-5-4-6-10-2/h3-5,8H,6-7H2,1-2H3;3H,1,4-7H2,2H3. The van der Waals surface area contributed by atoms with Crippen molar-refractivity contribution < 1.29 is 28.1 Å². The van der Waals surface area contributed by atoms with Crippen molar-refractivity contribution in [1.82, 2.24) is 20.3 Å². The van der Waals surface area contributed by atoms with Crippen molar-refractivity contribution in [2.24, 2.45) is 0 Å². The number of rotatable bonds is 11. The van der Waals surface area contributed by atoms with Crippen LogP contribution in [0.15, 0.2) is 46.0 Å². The molecule has 10 heteroatoms. The maximum atomic E-state index is 11.0. The van der Waals surface area contributed by atoms with E-state index in [1.165, 1.54) is 6.92 Å². The Morgan fingerprint density at radius 2 is 1.73 bits per heavy atom. The number of methoxy groups -OCH3 is 1. The fourth-order valence-corrected chi connectivity index (χ4v) is 2.55. The second-order valence-electron chi connectivity index (χ2n) is 7.00. The lowest BCUT2D eigenvalue weighted by atomic mass is 10.1. The molecule has 0 atom stereocenters. The number of nitrogens with zero attached hydrogens (tertiary/aromatic N) is 4. The van der Waals surface area contributed by atoms with Crippen LogP contribution in [0, 0.1) is 6.92 Å². The molecular weight excluding hydrogens is 428 g/mol. The van der Waals surface area contributed by atoms with Gasteiger partial charge in [0, 0.05) is 50.7 Å². The Balaban J connectivity index is 0.000000299. The van der Waals surface area contributed by atoms with E-state index in [-0.39, 0.29) is 11.8 Å². The van der Waals surface area contributed by atoms with Crippen molar-refractivity contribution in [2.45, 2.75) is 39.5 Å². The molecule has 3 aromatic rings. The molecule has 0 aliphatic rings. The van der Waals surface area contributed by atoms with E-state index in [1.807, 2.05) is 24.3 Å². The molecule has 2 heterocycles. The van der Waals surface area contributed by atoms with Gasteiger partial charge in [0.1, 0.15) is 5.78 Å². The lowest BCUT2D eigenvalue weighted by molar-refractivity contribution is -0.137. The quantitative estimate of drug-likeness (QED) is 0.239. The highest BCUT2D eigenvalue weighted by molar-refractivity contribution is 5.81. The molecule has 1 aromatic carbocycles. The van der Waals surface area contributed by atoms with Gasteiger partial charge in [-0.05, 0) is 25.8 Å². The second-order valence-corrected chi connectivity index (χ2v) is 7.00. The Morgan fingerprint density at radius 1 is 1.06 bits per heavy atom. The zero-order valence-corrected chi connectivity index (χ0v) is 19.1. The second kappa shape index (κ2) is 13.7. The summed E-state index contributed by atoms with van der Waals surface area (Å²) in [6.07, 6.45) is 3.76. The third-order valence-electron chi connectivity index (χ3n) is 4.22. The summed E-state index contributed by atoms with van der Waals surface area (Å²) in [4.78, 5) is 29.9. The number of Topliss-reactive ketones (excluding diaryl/α,β-unsaturated/α-hetero) is 1. The van der Waals surface area contributed by atoms with E-state index >= 15 is 0 Å². The van der Waals surface area contributed by atoms with Gasteiger partial charge in [-0.25, -0.2) is 4.79 Å². The average Bonchev–Trinajstić information content (AvgIpc) is 3.47. The summed E-state index contributed by atoms with van der Waals surface area (Å²) in [6.45, 7) is 7.72. The number of benzene rings is 1. The number of hydrogen-bond donors (Lipinski definition) is 0. The number of esters is 1. The molecule has 2 aromatic heterocycles. The minimum Gasteiger partial charge on any atom is -0.463 e. The van der Waals surface area contributed by atoms with Gasteiger partial charge in [-0.2, -0.15) is 9.97 Å². The minimum absolute atomic E-state index is 0.0919. The van der Waals surface area contributed by atoms with E-state index in [1.54, 1.807) is 14.0 Å². The van der Waals surface area contributed by atoms with Crippen LogP contribution in [-0.4, -0.2) is 52.4 Å². The number of aromatic nitrogens is 4. The van der Waals surface area contributed by atoms with Crippen LogP contribution in [-0.2, 0) is 25.5 Å². The molecule has 3 rings (SSSR count). The molecule has 0 saturated heterocycles. The summed E-state index contributed by atoms with van der Waals surface area (Å²) in [5.41, 5.74) is 1.60. The Labute approximate surface area is 192 Å². The fraction of sp³-hybridized carbons (Fsp3) is 0.391. The van der Waals surface area contributed by atoms with Crippen LogP contribution in [0.2, 0.25) is 0 Å². The van der Waals surface area contributed by atoms with Crippen LogP contribution in [0.4, 0.5) is 0 Å². The molecule has 0 aliphatic carbocycles. The third-order valence-corrected chi connectivity index (χ3v) is 4.22. The van der Waals surface area contributed by atoms with Crippen molar-refractivity contribution in [2.75, 3.05) is 20.3 Å². The number of aryl methyl sites for hydroxylation is 2. The van der Waals surface area contributed by atoms with E-state index in [0.717, 1.165) is 30.0 Å². The Bertz CT molecular complexity index is 1040. The van der Waals surface area contributed by atoms with Gasteiger partial charge in [-0.1, -0.05) is 35.1 Å². The summed E-state index contributed by atoms with van der Waals surface area (Å²) in [7, 11) is 1.65. The van der Waals surface area contributed by atoms with Gasteiger partial charge in [0.25, 0.3) is 0 Å². The highest BCUT2D eigenvalue weighted by atomic mass is 16.5. The van der Waals surface area contributed by atoms with E-state index in [4.69, 9.17) is 18.5 Å². The predicted octanol–water partition coefficient (Wildman–Crippen LogP) is 3.76. The fourth-order valence-electron chi connectivity index (χ4n) is 2.55. The molecule has 176 valence electrons. The van der Waals surface area contributed by atoms with E-state index in [9.17, 15) is 9.59 Å². The number of ketones is 1. The van der Waals surface area contributed by atoms with Crippen LogP contribution in [0.5, 0.6) is 0 Å². The summed E-state index contributed by atoms with van der Waals surface area (Å²) < 4.78 is 19.7. The molecule has 0 bridgehead atoms. The molecule has 10 nitrogen and oxygen atoms in total. The molecule has 0 N–H and O–H groups in total. The number of carbonyl (C=O) groups is 2. The zero-order chi connectivity index (χ0) is 24.1. The van der Waals surface area contributed by atoms with Crippen LogP contribution >= 0.6 is 0 Å². The van der Waals surface area contributed by atoms with Gasteiger partial charge < -0.3 is 23.3 Å². The molecule has 0 saturated carbocycles. The molecule has 0 amide bonds. The van der Waals surface area contributed by atoms with Gasteiger partial charge in [0.2, 0.25) is 23.4 Å². The van der Waals surface area contributed by atoms with Crippen LogP contribution in [0.1, 0.15) is 38.0 Å². The molecule has 33 heavy (non-hydrogen) atoms. The van der Waals surface area contributed by atoms with Crippen molar-refractivity contribution in [3.05, 3.63) is 48.7 Å². The molecule has 0 radical (unpaired) electrons. The summed E-state index contributed by atoms with van der Waals surface area (Å²) in [5, 5.41) is 7.83. The van der Waals surface area contributed by atoms with E-state index in [2.05, 4.69) is 26.9 Å². The third kappa shape index (κ3) is 9.16. The van der Waals surface area contributed by atoms with Gasteiger partial charge in [0.05, 0.1) is 6.61 Å². The van der Waals surface area contributed by atoms with Crippen molar-refractivity contribution in [1.29, 1.82) is 0 Å². The molecular formula is C23H28N4O6. The maximum absolute atomic E-state index is 11.0. The first-order valence-electron chi connectivity index (χ1n) is 10.4. The first kappa shape index (κ1) is 25.6. The van der Waals surface area contributed by atoms with Crippen molar-refractivity contribution in [3.8, 4) is 22.8 Å². The first-order chi connectivity index (χ1) is 15.9. The number of ether oxygens (including phenoxy) is 2. The molecule has 0 fully saturated rings. The van der Waals surface area contributed by atoms with E-state index in [0.29, 0.717) is 49.5 Å². The number of carbonyl (C=O) groups excluding carboxylic acids is 2. The SMILES string of the molecule is C=CC(=O)OCCCCOC.CC(=O)CCc1nc(-c2cccc(-c3noc(C)n3)c2)no1. The summed E-state index contributed by atoms with van der Waals surface area (Å²) >= 11 is 0. The largest absolute Gasteiger partial charge is 0.463 e. The van der Waals surface area contributed by atoms with Gasteiger partial charge in [-0.15, -0.1) is 0 Å². The smallest absolute Gasteiger partial charge is 0.330 e. The summed E-state index contributed by atoms with van der Waals surface area (Å²) in [6, 6.07) is 7.48. The monoisotopic (exact) mass is 456 g/mol. The van der Waals surface area contributed by atoms with Crippen molar-refractivity contribution in [3.63, 3.8) is 0 Å². The van der Waals surface area contributed by atoms with Crippen molar-refractivity contribution >= 4 is 11.8 Å². The van der Waals surface area contributed by atoms with Crippen LogP contribution in [0.3, 0.4) is 0 Å². The normalized spacial score (nSPS) is 10.3. The van der Waals surface area contributed by atoms with Gasteiger partial charge >= 0.3 is 5.97 Å². The Morgan fingerprint density at radius 3 is 2.33 bits per heavy atom. The van der Waals surface area contributed by atoms with Gasteiger partial charge in [-0.3, -0.25) is 0 Å². The maximum Gasteiger partial charge on any atom is 0.330 e. The average molecular weight is 456 g/mol. The topological polar surface area (TPSA) is 130 Å². The molecule has 0 spiro atoms. The Hall–Kier alpha value is -3.66. The number of unbranched alkanes of at least 4 members (excludes halogenated alkanes) is 1.